The number of hydrogen-bond acceptors (Lipinski definition) is 7. The maximum atomic E-state index is 14.0. The molecule has 0 saturated heterocycles. The highest BCUT2D eigenvalue weighted by atomic mass is 35.5. The van der Waals surface area contributed by atoms with Gasteiger partial charge < -0.3 is 14.8 Å². The molecular formula is C28H27ClFN3O5S. The van der Waals surface area contributed by atoms with Crippen molar-refractivity contribution in [3.8, 4) is 5.75 Å². The fourth-order valence-corrected chi connectivity index (χ4v) is 5.63. The molecule has 2 amide bonds. The monoisotopic (exact) mass is 571 g/mol. The Morgan fingerprint density at radius 1 is 1.10 bits per heavy atom. The number of hydrazone groups is 1. The van der Waals surface area contributed by atoms with Crippen LogP contribution in [0.5, 0.6) is 5.75 Å². The maximum absolute atomic E-state index is 14.0. The zero-order valence-electron chi connectivity index (χ0n) is 21.2. The summed E-state index contributed by atoms with van der Waals surface area (Å²) in [4.78, 5) is 38.7. The van der Waals surface area contributed by atoms with Crippen LogP contribution in [0.4, 0.5) is 9.39 Å². The van der Waals surface area contributed by atoms with E-state index in [4.69, 9.17) is 21.1 Å². The minimum atomic E-state index is -0.994. The number of anilines is 1. The first kappa shape index (κ1) is 28.3. The van der Waals surface area contributed by atoms with E-state index in [9.17, 15) is 18.8 Å². The fraction of sp³-hybridized carbons (Fsp3) is 0.286. The third-order valence-corrected chi connectivity index (χ3v) is 7.58. The Bertz CT molecular complexity index is 1390. The van der Waals surface area contributed by atoms with Gasteiger partial charge in [0, 0.05) is 10.4 Å². The van der Waals surface area contributed by atoms with Gasteiger partial charge in [0.05, 0.1) is 23.4 Å². The molecule has 11 heteroatoms. The number of rotatable bonds is 8. The summed E-state index contributed by atoms with van der Waals surface area (Å²) in [6.45, 7) is 1.85. The van der Waals surface area contributed by atoms with E-state index in [1.165, 1.54) is 29.7 Å². The van der Waals surface area contributed by atoms with E-state index in [-0.39, 0.29) is 23.8 Å². The van der Waals surface area contributed by atoms with Crippen LogP contribution in [0.25, 0.3) is 0 Å². The lowest BCUT2D eigenvalue weighted by atomic mass is 10.1. The van der Waals surface area contributed by atoms with Crippen LogP contribution in [-0.2, 0) is 33.8 Å². The summed E-state index contributed by atoms with van der Waals surface area (Å²) in [5, 5.41) is 6.98. The summed E-state index contributed by atoms with van der Waals surface area (Å²) in [6, 6.07) is 11.1. The molecule has 1 aliphatic carbocycles. The Hall–Kier alpha value is -3.76. The molecule has 3 aromatic rings. The van der Waals surface area contributed by atoms with Gasteiger partial charge >= 0.3 is 17.8 Å². The van der Waals surface area contributed by atoms with Crippen molar-refractivity contribution in [3.63, 3.8) is 0 Å². The van der Waals surface area contributed by atoms with Crippen molar-refractivity contribution in [2.24, 2.45) is 5.10 Å². The van der Waals surface area contributed by atoms with E-state index in [0.717, 1.165) is 42.5 Å². The number of nitrogens with zero attached hydrogens (tertiary/aromatic N) is 1. The van der Waals surface area contributed by atoms with Crippen molar-refractivity contribution in [1.29, 1.82) is 0 Å². The first-order valence-corrected chi connectivity index (χ1v) is 13.7. The van der Waals surface area contributed by atoms with E-state index < -0.39 is 23.6 Å². The highest BCUT2D eigenvalue weighted by Crippen LogP contribution is 2.38. The summed E-state index contributed by atoms with van der Waals surface area (Å²) in [6.07, 6.45) is 5.90. The predicted octanol–water partition coefficient (Wildman–Crippen LogP) is 5.65. The molecule has 0 fully saturated rings. The SMILES string of the molecule is CCOC(=O)c1c(NC(=O)C(=O)N/N=C/c2cccc(OCc3c(F)cccc3Cl)c2)sc2c1CCCCC2. The van der Waals surface area contributed by atoms with Gasteiger partial charge in [-0.05, 0) is 68.0 Å². The molecule has 1 aromatic heterocycles. The number of amides is 2. The molecule has 0 spiro atoms. The molecule has 4 rings (SSSR count). The van der Waals surface area contributed by atoms with Crippen molar-refractivity contribution in [1.82, 2.24) is 5.43 Å². The number of nitrogens with one attached hydrogen (secondary N) is 2. The van der Waals surface area contributed by atoms with Crippen molar-refractivity contribution >= 4 is 51.9 Å². The normalized spacial score (nSPS) is 12.9. The van der Waals surface area contributed by atoms with Gasteiger partial charge in [-0.1, -0.05) is 36.2 Å². The second-order valence-corrected chi connectivity index (χ2v) is 10.2. The van der Waals surface area contributed by atoms with Gasteiger partial charge in [-0.25, -0.2) is 14.6 Å². The number of esters is 1. The molecule has 1 aliphatic rings. The van der Waals surface area contributed by atoms with Gasteiger partial charge in [-0.3, -0.25) is 9.59 Å². The van der Waals surface area contributed by atoms with Crippen molar-refractivity contribution < 1.29 is 28.2 Å². The Morgan fingerprint density at radius 2 is 1.90 bits per heavy atom. The van der Waals surface area contributed by atoms with E-state index >= 15 is 0 Å². The number of halogens is 2. The van der Waals surface area contributed by atoms with Crippen LogP contribution in [0.2, 0.25) is 5.02 Å². The van der Waals surface area contributed by atoms with Gasteiger partial charge in [-0.15, -0.1) is 11.3 Å². The number of benzene rings is 2. The molecular weight excluding hydrogens is 545 g/mol. The van der Waals surface area contributed by atoms with E-state index in [0.29, 0.717) is 21.9 Å². The van der Waals surface area contributed by atoms with E-state index in [1.807, 2.05) is 0 Å². The van der Waals surface area contributed by atoms with Gasteiger partial charge in [0.25, 0.3) is 0 Å². The maximum Gasteiger partial charge on any atom is 0.341 e. The first-order chi connectivity index (χ1) is 18.9. The predicted molar refractivity (Wildman–Crippen MR) is 148 cm³/mol. The Balaban J connectivity index is 1.37. The number of carbonyl (C=O) groups is 3. The summed E-state index contributed by atoms with van der Waals surface area (Å²) in [5.74, 6) is -2.48. The molecule has 0 radical (unpaired) electrons. The molecule has 2 N–H and O–H groups in total. The number of fused-ring (bicyclic) bond motifs is 1. The molecule has 0 atom stereocenters. The molecule has 1 heterocycles. The molecule has 0 bridgehead atoms. The van der Waals surface area contributed by atoms with Crippen LogP contribution in [-0.4, -0.2) is 30.6 Å². The molecule has 39 heavy (non-hydrogen) atoms. The lowest BCUT2D eigenvalue weighted by molar-refractivity contribution is -0.136. The summed E-state index contributed by atoms with van der Waals surface area (Å²) < 4.78 is 24.8. The van der Waals surface area contributed by atoms with E-state index in [2.05, 4.69) is 15.8 Å². The summed E-state index contributed by atoms with van der Waals surface area (Å²) in [5.41, 5.74) is 4.22. The number of thiophene rings is 1. The molecule has 0 aliphatic heterocycles. The highest BCUT2D eigenvalue weighted by molar-refractivity contribution is 7.17. The van der Waals surface area contributed by atoms with Crippen LogP contribution in [0.1, 0.15) is 58.1 Å². The molecule has 0 unspecified atom stereocenters. The second kappa shape index (κ2) is 13.3. The van der Waals surface area contributed by atoms with Gasteiger partial charge in [0.2, 0.25) is 0 Å². The van der Waals surface area contributed by atoms with Crippen molar-refractivity contribution in [3.05, 3.63) is 80.4 Å². The topological polar surface area (TPSA) is 106 Å². The average Bonchev–Trinajstić information content (AvgIpc) is 3.08. The highest BCUT2D eigenvalue weighted by Gasteiger charge is 2.27. The molecule has 2 aromatic carbocycles. The largest absolute Gasteiger partial charge is 0.489 e. The number of aryl methyl sites for hydroxylation is 1. The molecule has 204 valence electrons. The second-order valence-electron chi connectivity index (χ2n) is 8.70. The molecule has 8 nitrogen and oxygen atoms in total. The minimum Gasteiger partial charge on any atom is -0.489 e. The first-order valence-electron chi connectivity index (χ1n) is 12.5. The Kier molecular flexibility index (Phi) is 9.67. The van der Waals surface area contributed by atoms with Gasteiger partial charge in [-0.2, -0.15) is 5.10 Å². The smallest absolute Gasteiger partial charge is 0.341 e. The number of hydrogen-bond donors (Lipinski definition) is 2. The fourth-order valence-electron chi connectivity index (χ4n) is 4.14. The van der Waals surface area contributed by atoms with Crippen LogP contribution in [0, 0.1) is 5.82 Å². The average molecular weight is 572 g/mol. The third kappa shape index (κ3) is 7.21. The quantitative estimate of drug-likeness (QED) is 0.119. The summed E-state index contributed by atoms with van der Waals surface area (Å²) >= 11 is 7.34. The Morgan fingerprint density at radius 3 is 2.69 bits per heavy atom. The van der Waals surface area contributed by atoms with E-state index in [1.54, 1.807) is 37.3 Å². The van der Waals surface area contributed by atoms with Crippen LogP contribution >= 0.6 is 22.9 Å². The van der Waals surface area contributed by atoms with Crippen LogP contribution in [0.15, 0.2) is 47.6 Å². The van der Waals surface area contributed by atoms with Gasteiger partial charge in [0.15, 0.2) is 0 Å². The number of ether oxygens (including phenoxy) is 2. The zero-order chi connectivity index (χ0) is 27.8. The third-order valence-electron chi connectivity index (χ3n) is 6.02. The summed E-state index contributed by atoms with van der Waals surface area (Å²) in [7, 11) is 0. The standard InChI is InChI=1S/C28H27ClFN3O5S/c1-2-37-28(36)24-19-10-4-3-5-13-23(19)39-27(24)32-25(34)26(35)33-31-15-17-8-6-9-18(14-17)38-16-20-21(29)11-7-12-22(20)30/h6-9,11-12,14-15H,2-5,10,13,16H2,1H3,(H,32,34)(H,33,35)/b31-15+. The lowest BCUT2D eigenvalue weighted by Crippen LogP contribution is -2.32. The van der Waals surface area contributed by atoms with Crippen molar-refractivity contribution in [2.75, 3.05) is 11.9 Å². The minimum absolute atomic E-state index is 0.0665. The van der Waals surface area contributed by atoms with Crippen LogP contribution in [0.3, 0.4) is 0 Å². The van der Waals surface area contributed by atoms with Gasteiger partial charge in [0.1, 0.15) is 23.2 Å². The number of carbonyl (C=O) groups excluding carboxylic acids is 3. The molecule has 0 saturated carbocycles. The lowest BCUT2D eigenvalue weighted by Gasteiger charge is -2.09. The van der Waals surface area contributed by atoms with Crippen LogP contribution < -0.4 is 15.5 Å². The Labute approximate surface area is 234 Å². The zero-order valence-corrected chi connectivity index (χ0v) is 22.8. The van der Waals surface area contributed by atoms with Crippen molar-refractivity contribution in [2.45, 2.75) is 45.6 Å².